The SMILES string of the molecule is CCC(C)(C)NCc1ccc(C(C)C)cc1. The molecule has 16 heavy (non-hydrogen) atoms. The molecule has 0 saturated carbocycles. The molecule has 0 aliphatic heterocycles. The number of benzene rings is 1. The Bertz CT molecular complexity index is 309. The van der Waals surface area contributed by atoms with Crippen LogP contribution in [0.15, 0.2) is 24.3 Å². The second kappa shape index (κ2) is 5.49. The molecule has 1 N–H and O–H groups in total. The fraction of sp³-hybridized carbons (Fsp3) is 0.600. The Labute approximate surface area is 100 Å². The first-order chi connectivity index (χ1) is 7.44. The summed E-state index contributed by atoms with van der Waals surface area (Å²) in [7, 11) is 0. The van der Waals surface area contributed by atoms with E-state index in [0.717, 1.165) is 13.0 Å². The predicted octanol–water partition coefficient (Wildman–Crippen LogP) is 4.09. The fourth-order valence-corrected chi connectivity index (χ4v) is 1.49. The van der Waals surface area contributed by atoms with Crippen LogP contribution in [0.25, 0.3) is 0 Å². The third-order valence-corrected chi connectivity index (χ3v) is 3.30. The Hall–Kier alpha value is -0.820. The maximum absolute atomic E-state index is 3.57. The van der Waals surface area contributed by atoms with E-state index >= 15 is 0 Å². The van der Waals surface area contributed by atoms with Gasteiger partial charge in [-0.15, -0.1) is 0 Å². The molecular weight excluding hydrogens is 194 g/mol. The molecule has 0 unspecified atom stereocenters. The zero-order valence-corrected chi connectivity index (χ0v) is 11.3. The van der Waals surface area contributed by atoms with Crippen LogP contribution in [-0.2, 0) is 6.54 Å². The summed E-state index contributed by atoms with van der Waals surface area (Å²) < 4.78 is 0. The van der Waals surface area contributed by atoms with Crippen molar-refractivity contribution in [2.45, 2.75) is 59.0 Å². The van der Waals surface area contributed by atoms with Crippen molar-refractivity contribution in [3.8, 4) is 0 Å². The second-order valence-electron chi connectivity index (χ2n) is 5.49. The van der Waals surface area contributed by atoms with Gasteiger partial charge in [0.05, 0.1) is 0 Å². The third kappa shape index (κ3) is 3.97. The lowest BCUT2D eigenvalue weighted by atomic mass is 10.00. The van der Waals surface area contributed by atoms with E-state index in [1.807, 2.05) is 0 Å². The molecule has 1 rings (SSSR count). The van der Waals surface area contributed by atoms with Crippen molar-refractivity contribution in [2.24, 2.45) is 0 Å². The van der Waals surface area contributed by atoms with Gasteiger partial charge in [-0.1, -0.05) is 45.0 Å². The van der Waals surface area contributed by atoms with Crippen LogP contribution < -0.4 is 5.32 Å². The van der Waals surface area contributed by atoms with Gasteiger partial charge in [-0.25, -0.2) is 0 Å². The van der Waals surface area contributed by atoms with Gasteiger partial charge in [-0.2, -0.15) is 0 Å². The normalized spacial score (nSPS) is 12.1. The Morgan fingerprint density at radius 3 is 2.12 bits per heavy atom. The first-order valence-corrected chi connectivity index (χ1v) is 6.28. The van der Waals surface area contributed by atoms with Gasteiger partial charge in [0.15, 0.2) is 0 Å². The number of hydrogen-bond acceptors (Lipinski definition) is 1. The highest BCUT2D eigenvalue weighted by Crippen LogP contribution is 2.15. The van der Waals surface area contributed by atoms with E-state index in [1.54, 1.807) is 0 Å². The molecule has 0 saturated heterocycles. The van der Waals surface area contributed by atoms with Crippen LogP contribution in [0.4, 0.5) is 0 Å². The highest BCUT2D eigenvalue weighted by molar-refractivity contribution is 5.24. The zero-order valence-electron chi connectivity index (χ0n) is 11.3. The summed E-state index contributed by atoms with van der Waals surface area (Å²) in [5, 5.41) is 3.57. The van der Waals surface area contributed by atoms with Crippen molar-refractivity contribution in [2.75, 3.05) is 0 Å². The van der Waals surface area contributed by atoms with Crippen molar-refractivity contribution in [1.29, 1.82) is 0 Å². The summed E-state index contributed by atoms with van der Waals surface area (Å²) in [5.74, 6) is 0.620. The van der Waals surface area contributed by atoms with Gasteiger partial charge in [0.1, 0.15) is 0 Å². The summed E-state index contributed by atoms with van der Waals surface area (Å²) in [5.41, 5.74) is 3.01. The fourth-order valence-electron chi connectivity index (χ4n) is 1.49. The largest absolute Gasteiger partial charge is 0.308 e. The van der Waals surface area contributed by atoms with Crippen LogP contribution in [0.1, 0.15) is 58.1 Å². The van der Waals surface area contributed by atoms with E-state index in [0.29, 0.717) is 5.92 Å². The molecule has 0 spiro atoms. The molecule has 0 heterocycles. The summed E-state index contributed by atoms with van der Waals surface area (Å²) in [6, 6.07) is 8.93. The van der Waals surface area contributed by atoms with E-state index in [2.05, 4.69) is 64.2 Å². The summed E-state index contributed by atoms with van der Waals surface area (Å²) >= 11 is 0. The molecule has 0 fully saturated rings. The minimum absolute atomic E-state index is 0.233. The smallest absolute Gasteiger partial charge is 0.0210 e. The van der Waals surface area contributed by atoms with Crippen LogP contribution in [-0.4, -0.2) is 5.54 Å². The number of hydrogen-bond donors (Lipinski definition) is 1. The lowest BCUT2D eigenvalue weighted by Gasteiger charge is -2.24. The Balaban J connectivity index is 2.56. The van der Waals surface area contributed by atoms with Crippen molar-refractivity contribution in [3.05, 3.63) is 35.4 Å². The highest BCUT2D eigenvalue weighted by Gasteiger charge is 2.13. The van der Waals surface area contributed by atoms with Crippen LogP contribution in [0.3, 0.4) is 0 Å². The molecule has 0 bridgehead atoms. The van der Waals surface area contributed by atoms with Crippen LogP contribution in [0, 0.1) is 0 Å². The quantitative estimate of drug-likeness (QED) is 0.786. The third-order valence-electron chi connectivity index (χ3n) is 3.30. The minimum atomic E-state index is 0.233. The zero-order chi connectivity index (χ0) is 12.2. The molecule has 1 aromatic rings. The lowest BCUT2D eigenvalue weighted by Crippen LogP contribution is -2.37. The molecule has 1 heteroatoms. The first kappa shape index (κ1) is 13.2. The minimum Gasteiger partial charge on any atom is -0.308 e. The number of nitrogens with one attached hydrogen (secondary N) is 1. The molecule has 0 aliphatic rings. The predicted molar refractivity (Wildman–Crippen MR) is 71.7 cm³/mol. The van der Waals surface area contributed by atoms with Crippen molar-refractivity contribution >= 4 is 0 Å². The van der Waals surface area contributed by atoms with Crippen LogP contribution >= 0.6 is 0 Å². The molecule has 0 aliphatic carbocycles. The Morgan fingerprint density at radius 1 is 1.12 bits per heavy atom. The van der Waals surface area contributed by atoms with Gasteiger partial charge in [-0.05, 0) is 37.3 Å². The van der Waals surface area contributed by atoms with E-state index in [9.17, 15) is 0 Å². The molecule has 1 nitrogen and oxygen atoms in total. The molecular formula is C15H25N. The molecule has 0 amide bonds. The van der Waals surface area contributed by atoms with E-state index in [1.165, 1.54) is 11.1 Å². The second-order valence-corrected chi connectivity index (χ2v) is 5.49. The molecule has 0 radical (unpaired) electrons. The van der Waals surface area contributed by atoms with Crippen molar-refractivity contribution in [1.82, 2.24) is 5.32 Å². The van der Waals surface area contributed by atoms with Gasteiger partial charge < -0.3 is 5.32 Å². The lowest BCUT2D eigenvalue weighted by molar-refractivity contribution is 0.374. The maximum atomic E-state index is 3.57. The van der Waals surface area contributed by atoms with Crippen molar-refractivity contribution in [3.63, 3.8) is 0 Å². The van der Waals surface area contributed by atoms with Gasteiger partial charge in [0.2, 0.25) is 0 Å². The van der Waals surface area contributed by atoms with Gasteiger partial charge >= 0.3 is 0 Å². The average molecular weight is 219 g/mol. The van der Waals surface area contributed by atoms with E-state index in [4.69, 9.17) is 0 Å². The summed E-state index contributed by atoms with van der Waals surface area (Å²) in [4.78, 5) is 0. The monoisotopic (exact) mass is 219 g/mol. The van der Waals surface area contributed by atoms with E-state index in [-0.39, 0.29) is 5.54 Å². The standard InChI is InChI=1S/C15H25N/c1-6-15(4,5)16-11-13-7-9-14(10-8-13)12(2)3/h7-10,12,16H,6,11H2,1-5H3. The first-order valence-electron chi connectivity index (χ1n) is 6.28. The molecule has 0 atom stereocenters. The van der Waals surface area contributed by atoms with Crippen molar-refractivity contribution < 1.29 is 0 Å². The van der Waals surface area contributed by atoms with E-state index < -0.39 is 0 Å². The Morgan fingerprint density at radius 2 is 1.69 bits per heavy atom. The molecule has 0 aromatic heterocycles. The summed E-state index contributed by atoms with van der Waals surface area (Å²) in [6.45, 7) is 12.1. The van der Waals surface area contributed by atoms with Gasteiger partial charge in [-0.3, -0.25) is 0 Å². The molecule has 1 aromatic carbocycles. The topological polar surface area (TPSA) is 12.0 Å². The average Bonchev–Trinajstić information content (AvgIpc) is 2.27. The number of rotatable bonds is 5. The van der Waals surface area contributed by atoms with Crippen LogP contribution in [0.5, 0.6) is 0 Å². The van der Waals surface area contributed by atoms with Gasteiger partial charge in [0, 0.05) is 12.1 Å². The Kier molecular flexibility index (Phi) is 4.55. The highest BCUT2D eigenvalue weighted by atomic mass is 14.9. The van der Waals surface area contributed by atoms with Gasteiger partial charge in [0.25, 0.3) is 0 Å². The molecule has 90 valence electrons. The maximum Gasteiger partial charge on any atom is 0.0210 e. The summed E-state index contributed by atoms with van der Waals surface area (Å²) in [6.07, 6.45) is 1.15. The van der Waals surface area contributed by atoms with Crippen LogP contribution in [0.2, 0.25) is 0 Å².